The Morgan fingerprint density at radius 1 is 0.513 bits per heavy atom. The van der Waals surface area contributed by atoms with Gasteiger partial charge in [0.05, 0.1) is 25.4 Å². The summed E-state index contributed by atoms with van der Waals surface area (Å²) in [7, 11) is -5.08. The second kappa shape index (κ2) is 53.2. The molecule has 452 valence electrons. The molecular formula is C63H123NO11S. The minimum Gasteiger partial charge on any atom is -0.394 e. The monoisotopic (exact) mass is 1100 g/mol. The summed E-state index contributed by atoms with van der Waals surface area (Å²) in [6, 6.07) is -0.857. The van der Waals surface area contributed by atoms with Crippen LogP contribution in [0.2, 0.25) is 0 Å². The molecule has 0 bridgehead atoms. The van der Waals surface area contributed by atoms with Crippen molar-refractivity contribution in [2.75, 3.05) is 13.2 Å². The summed E-state index contributed by atoms with van der Waals surface area (Å²) in [6.07, 6.45) is 56.6. The molecule has 0 aromatic carbocycles. The van der Waals surface area contributed by atoms with Gasteiger partial charge in [0, 0.05) is 6.42 Å². The van der Waals surface area contributed by atoms with E-state index < -0.39 is 59.9 Å². The lowest BCUT2D eigenvalue weighted by Crippen LogP contribution is -2.61. The summed E-state index contributed by atoms with van der Waals surface area (Å²) in [4.78, 5) is 13.2. The number of carbonyl (C=O) groups is 1. The van der Waals surface area contributed by atoms with Crippen molar-refractivity contribution >= 4 is 16.3 Å². The van der Waals surface area contributed by atoms with E-state index in [1.54, 1.807) is 0 Å². The summed E-state index contributed by atoms with van der Waals surface area (Å²) in [6.45, 7) is 3.51. The van der Waals surface area contributed by atoms with E-state index in [0.29, 0.717) is 12.8 Å². The molecule has 0 aromatic rings. The Labute approximate surface area is 468 Å². The molecule has 6 N–H and O–H groups in total. The van der Waals surface area contributed by atoms with Gasteiger partial charge in [0.2, 0.25) is 5.91 Å². The quantitative estimate of drug-likeness (QED) is 0.0193. The Kier molecular flexibility index (Phi) is 51.0. The maximum Gasteiger partial charge on any atom is 0.397 e. The fourth-order valence-corrected chi connectivity index (χ4v) is 11.3. The van der Waals surface area contributed by atoms with Crippen LogP contribution in [-0.2, 0) is 28.9 Å². The van der Waals surface area contributed by atoms with Gasteiger partial charge in [0.25, 0.3) is 0 Å². The molecule has 1 fully saturated rings. The highest BCUT2D eigenvalue weighted by Crippen LogP contribution is 2.26. The SMILES string of the molecule is CCCCCCCCCCCCCC/C=C\CCCCCCCCCCCCCCCC(=O)NC(COC1OC(CO)C(O)C(OS(=O)(=O)O)C1O)C(O)CCCCCCCCCCCCCCCCCCCCCC. The maximum atomic E-state index is 13.2. The number of carbonyl (C=O) groups excluding carboxylic acids is 1. The molecule has 0 saturated carbocycles. The van der Waals surface area contributed by atoms with E-state index in [-0.39, 0.29) is 12.5 Å². The third-order valence-electron chi connectivity index (χ3n) is 15.8. The summed E-state index contributed by atoms with van der Waals surface area (Å²) in [5.74, 6) is -0.223. The Balaban J connectivity index is 2.26. The normalized spacial score (nSPS) is 19.0. The Hall–Kier alpha value is -1.16. The molecule has 7 atom stereocenters. The van der Waals surface area contributed by atoms with E-state index in [4.69, 9.17) is 9.47 Å². The number of aliphatic hydroxyl groups is 4. The zero-order chi connectivity index (χ0) is 55.4. The van der Waals surface area contributed by atoms with Crippen LogP contribution in [0.15, 0.2) is 12.2 Å². The van der Waals surface area contributed by atoms with E-state index in [0.717, 1.165) is 51.4 Å². The first kappa shape index (κ1) is 72.9. The van der Waals surface area contributed by atoms with E-state index in [1.807, 2.05) is 0 Å². The molecule has 1 saturated heterocycles. The molecule has 76 heavy (non-hydrogen) atoms. The molecule has 1 heterocycles. The average Bonchev–Trinajstić information content (AvgIpc) is 3.40. The van der Waals surface area contributed by atoms with Crippen molar-refractivity contribution in [1.29, 1.82) is 0 Å². The molecule has 1 aliphatic heterocycles. The van der Waals surface area contributed by atoms with Crippen molar-refractivity contribution in [3.63, 3.8) is 0 Å². The highest BCUT2D eigenvalue weighted by molar-refractivity contribution is 7.80. The highest BCUT2D eigenvalue weighted by atomic mass is 32.3. The molecule has 1 aliphatic rings. The lowest BCUT2D eigenvalue weighted by atomic mass is 9.99. The van der Waals surface area contributed by atoms with Crippen molar-refractivity contribution in [2.24, 2.45) is 0 Å². The van der Waals surface area contributed by atoms with Gasteiger partial charge in [-0.05, 0) is 38.5 Å². The second-order valence-electron chi connectivity index (χ2n) is 23.1. The zero-order valence-electron chi connectivity index (χ0n) is 49.4. The van der Waals surface area contributed by atoms with Gasteiger partial charge < -0.3 is 35.2 Å². The van der Waals surface area contributed by atoms with Crippen LogP contribution in [0.25, 0.3) is 0 Å². The van der Waals surface area contributed by atoms with Crippen LogP contribution in [0.1, 0.15) is 328 Å². The predicted octanol–water partition coefficient (Wildman–Crippen LogP) is 16.2. The van der Waals surface area contributed by atoms with E-state index in [9.17, 15) is 38.2 Å². The number of unbranched alkanes of at least 4 members (excludes halogenated alkanes) is 44. The van der Waals surface area contributed by atoms with Crippen LogP contribution in [0.5, 0.6) is 0 Å². The van der Waals surface area contributed by atoms with Crippen LogP contribution in [0, 0.1) is 0 Å². The molecule has 12 nitrogen and oxygen atoms in total. The number of hydrogen-bond acceptors (Lipinski definition) is 10. The van der Waals surface area contributed by atoms with Gasteiger partial charge in [-0.3, -0.25) is 9.35 Å². The fraction of sp³-hybridized carbons (Fsp3) is 0.952. The third kappa shape index (κ3) is 44.6. The number of amides is 1. The van der Waals surface area contributed by atoms with Crippen molar-refractivity contribution in [2.45, 2.75) is 371 Å². The minimum absolute atomic E-state index is 0.223. The van der Waals surface area contributed by atoms with Gasteiger partial charge >= 0.3 is 10.4 Å². The summed E-state index contributed by atoms with van der Waals surface area (Å²) >= 11 is 0. The minimum atomic E-state index is -5.08. The van der Waals surface area contributed by atoms with Gasteiger partial charge in [-0.25, -0.2) is 4.18 Å². The third-order valence-corrected chi connectivity index (χ3v) is 16.3. The first-order chi connectivity index (χ1) is 37.0. The average molecular weight is 1100 g/mol. The van der Waals surface area contributed by atoms with Crippen molar-refractivity contribution in [3.05, 3.63) is 12.2 Å². The van der Waals surface area contributed by atoms with Crippen LogP contribution >= 0.6 is 0 Å². The van der Waals surface area contributed by atoms with Gasteiger partial charge in [0.1, 0.15) is 24.4 Å². The van der Waals surface area contributed by atoms with E-state index in [1.165, 1.54) is 250 Å². The van der Waals surface area contributed by atoms with Crippen LogP contribution < -0.4 is 5.32 Å². The second-order valence-corrected chi connectivity index (χ2v) is 24.1. The number of aliphatic hydroxyl groups excluding tert-OH is 4. The number of ether oxygens (including phenoxy) is 2. The molecule has 1 rings (SSSR count). The van der Waals surface area contributed by atoms with Crippen LogP contribution in [0.4, 0.5) is 0 Å². The summed E-state index contributed by atoms with van der Waals surface area (Å²) < 4.78 is 48.0. The molecule has 1 amide bonds. The largest absolute Gasteiger partial charge is 0.397 e. The summed E-state index contributed by atoms with van der Waals surface area (Å²) in [5.41, 5.74) is 0. The number of hydrogen-bond donors (Lipinski definition) is 6. The topological polar surface area (TPSA) is 192 Å². The first-order valence-corrected chi connectivity index (χ1v) is 33.9. The maximum absolute atomic E-state index is 13.2. The smallest absolute Gasteiger partial charge is 0.394 e. The predicted molar refractivity (Wildman–Crippen MR) is 315 cm³/mol. The molecule has 0 aliphatic carbocycles. The van der Waals surface area contributed by atoms with E-state index in [2.05, 4.69) is 35.5 Å². The molecule has 7 unspecified atom stereocenters. The molecule has 13 heteroatoms. The summed E-state index contributed by atoms with van der Waals surface area (Å²) in [5, 5.41) is 45.2. The number of nitrogens with one attached hydrogen (secondary N) is 1. The number of allylic oxidation sites excluding steroid dienone is 2. The Bertz CT molecular complexity index is 1390. The first-order valence-electron chi connectivity index (χ1n) is 32.6. The Morgan fingerprint density at radius 2 is 0.842 bits per heavy atom. The standard InChI is InChI=1S/C63H123NO11S/c1-3-5-7-9-11-13-15-17-19-21-23-25-26-27-28-29-30-31-32-33-35-37-39-41-43-45-47-49-51-53-59(67)64-56(55-73-63-61(69)62(75-76(70,71)72)60(68)58(54-65)74-63)57(66)52-50-48-46-44-42-40-38-36-34-24-22-20-18-16-14-12-10-8-6-4-2/h27-28,56-58,60-63,65-66,68-69H,3-26,29-55H2,1-2H3,(H,64,67)(H,70,71,72)/b28-27-. The molecular weight excluding hydrogens is 979 g/mol. The van der Waals surface area contributed by atoms with Crippen molar-refractivity contribution < 1.29 is 51.8 Å². The van der Waals surface area contributed by atoms with Crippen molar-refractivity contribution in [3.8, 4) is 0 Å². The van der Waals surface area contributed by atoms with Crippen LogP contribution in [0.3, 0.4) is 0 Å². The molecule has 0 aromatic heterocycles. The van der Waals surface area contributed by atoms with E-state index >= 15 is 0 Å². The van der Waals surface area contributed by atoms with Crippen molar-refractivity contribution in [1.82, 2.24) is 5.32 Å². The molecule has 0 spiro atoms. The van der Waals surface area contributed by atoms with Gasteiger partial charge in [-0.1, -0.05) is 296 Å². The Morgan fingerprint density at radius 3 is 1.18 bits per heavy atom. The van der Waals surface area contributed by atoms with Gasteiger partial charge in [-0.2, -0.15) is 8.42 Å². The highest BCUT2D eigenvalue weighted by Gasteiger charge is 2.48. The lowest BCUT2D eigenvalue weighted by Gasteiger charge is -2.41. The fourth-order valence-electron chi connectivity index (χ4n) is 10.8. The van der Waals surface area contributed by atoms with Crippen LogP contribution in [-0.4, -0.2) is 95.4 Å². The van der Waals surface area contributed by atoms with Gasteiger partial charge in [0.15, 0.2) is 6.29 Å². The zero-order valence-corrected chi connectivity index (χ0v) is 50.2. The molecule has 0 radical (unpaired) electrons. The lowest BCUT2D eigenvalue weighted by molar-refractivity contribution is -0.298. The number of rotatable bonds is 58. The van der Waals surface area contributed by atoms with Gasteiger partial charge in [-0.15, -0.1) is 0 Å².